The van der Waals surface area contributed by atoms with E-state index >= 15 is 0 Å². The fourth-order valence-electron chi connectivity index (χ4n) is 2.56. The van der Waals surface area contributed by atoms with Gasteiger partial charge in [-0.25, -0.2) is 0 Å². The molecule has 1 aromatic rings. The van der Waals surface area contributed by atoms with E-state index < -0.39 is 0 Å². The van der Waals surface area contributed by atoms with Crippen LogP contribution in [0.1, 0.15) is 32.9 Å². The molecule has 1 saturated heterocycles. The van der Waals surface area contributed by atoms with Gasteiger partial charge in [-0.2, -0.15) is 0 Å². The van der Waals surface area contributed by atoms with Gasteiger partial charge in [-0.05, 0) is 31.0 Å². The van der Waals surface area contributed by atoms with Crippen LogP contribution in [0.3, 0.4) is 0 Å². The molecule has 0 aromatic carbocycles. The molecule has 1 unspecified atom stereocenters. The summed E-state index contributed by atoms with van der Waals surface area (Å²) in [4.78, 5) is 6.92. The van der Waals surface area contributed by atoms with Gasteiger partial charge in [0.1, 0.15) is 0 Å². The topological polar surface area (TPSA) is 37.4 Å². The van der Waals surface area contributed by atoms with Crippen LogP contribution >= 0.6 is 0 Å². The van der Waals surface area contributed by atoms with E-state index in [1.807, 2.05) is 6.20 Å². The summed E-state index contributed by atoms with van der Waals surface area (Å²) in [5.41, 5.74) is 2.39. The molecule has 0 radical (unpaired) electrons. The third-order valence-electron chi connectivity index (χ3n) is 3.69. The van der Waals surface area contributed by atoms with E-state index in [1.165, 1.54) is 5.69 Å². The lowest BCUT2D eigenvalue weighted by atomic mass is 10.1. The maximum absolute atomic E-state index is 5.58. The van der Waals surface area contributed by atoms with Gasteiger partial charge >= 0.3 is 0 Å². The van der Waals surface area contributed by atoms with E-state index in [-0.39, 0.29) is 0 Å². The van der Waals surface area contributed by atoms with Gasteiger partial charge in [0.05, 0.1) is 24.9 Å². The lowest BCUT2D eigenvalue weighted by molar-refractivity contribution is 0.0930. The average Bonchev–Trinajstić information content (AvgIpc) is 2.47. The number of morpholine rings is 1. The van der Waals surface area contributed by atoms with Gasteiger partial charge in [0.15, 0.2) is 0 Å². The van der Waals surface area contributed by atoms with Crippen molar-refractivity contribution in [2.45, 2.75) is 39.8 Å². The van der Waals surface area contributed by atoms with E-state index in [9.17, 15) is 0 Å². The Bertz CT molecular complexity index is 408. The summed E-state index contributed by atoms with van der Waals surface area (Å²) in [7, 11) is 0. The van der Waals surface area contributed by atoms with Crippen LogP contribution in [0.4, 0.5) is 5.69 Å². The Hall–Kier alpha value is -1.13. The highest BCUT2D eigenvalue weighted by atomic mass is 16.5. The number of ether oxygens (including phenoxy) is 1. The van der Waals surface area contributed by atoms with Crippen molar-refractivity contribution in [3.63, 3.8) is 0 Å². The van der Waals surface area contributed by atoms with Gasteiger partial charge < -0.3 is 15.0 Å². The van der Waals surface area contributed by atoms with Crippen LogP contribution < -0.4 is 10.2 Å². The minimum absolute atomic E-state index is 0.489. The lowest BCUT2D eigenvalue weighted by Crippen LogP contribution is -2.45. The van der Waals surface area contributed by atoms with E-state index in [0.717, 1.165) is 45.0 Å². The number of hydrogen-bond donors (Lipinski definition) is 1. The summed E-state index contributed by atoms with van der Waals surface area (Å²) in [6, 6.07) is 4.81. The molecule has 1 aromatic heterocycles. The number of pyridine rings is 1. The first-order chi connectivity index (χ1) is 9.70. The van der Waals surface area contributed by atoms with E-state index in [0.29, 0.717) is 12.0 Å². The van der Waals surface area contributed by atoms with Crippen molar-refractivity contribution in [2.24, 2.45) is 5.92 Å². The molecule has 0 bridgehead atoms. The van der Waals surface area contributed by atoms with E-state index in [2.05, 4.69) is 48.1 Å². The van der Waals surface area contributed by atoms with Gasteiger partial charge in [0, 0.05) is 25.0 Å². The van der Waals surface area contributed by atoms with Gasteiger partial charge in [0.2, 0.25) is 0 Å². The second kappa shape index (κ2) is 7.60. The minimum Gasteiger partial charge on any atom is -0.377 e. The Labute approximate surface area is 122 Å². The molecule has 0 saturated carbocycles. The fourth-order valence-corrected chi connectivity index (χ4v) is 2.56. The molecule has 1 fully saturated rings. The van der Waals surface area contributed by atoms with Gasteiger partial charge in [-0.15, -0.1) is 0 Å². The highest BCUT2D eigenvalue weighted by molar-refractivity contribution is 5.48. The van der Waals surface area contributed by atoms with Crippen LogP contribution in [0.25, 0.3) is 0 Å². The maximum Gasteiger partial charge on any atom is 0.0670 e. The molecule has 4 heteroatoms. The molecule has 4 nitrogen and oxygen atoms in total. The largest absolute Gasteiger partial charge is 0.377 e. The van der Waals surface area contributed by atoms with Crippen LogP contribution in [0, 0.1) is 5.92 Å². The number of hydrogen-bond acceptors (Lipinski definition) is 4. The summed E-state index contributed by atoms with van der Waals surface area (Å²) in [5.74, 6) is 0.668. The Kier molecular flexibility index (Phi) is 5.80. The highest BCUT2D eigenvalue weighted by Gasteiger charge is 2.21. The van der Waals surface area contributed by atoms with Crippen LogP contribution in [0.15, 0.2) is 18.3 Å². The zero-order chi connectivity index (χ0) is 14.4. The molecule has 112 valence electrons. The first-order valence-corrected chi connectivity index (χ1v) is 7.70. The number of rotatable bonds is 6. The monoisotopic (exact) mass is 277 g/mol. The molecular formula is C16H27N3O. The van der Waals surface area contributed by atoms with Crippen molar-refractivity contribution in [3.05, 3.63) is 24.0 Å². The zero-order valence-electron chi connectivity index (χ0n) is 12.9. The van der Waals surface area contributed by atoms with Crippen molar-refractivity contribution in [2.75, 3.05) is 31.2 Å². The van der Waals surface area contributed by atoms with Crippen LogP contribution in [-0.4, -0.2) is 37.3 Å². The molecule has 1 atom stereocenters. The summed E-state index contributed by atoms with van der Waals surface area (Å²) in [6.07, 6.45) is 3.03. The number of nitrogens with zero attached hydrogens (tertiary/aromatic N) is 2. The normalized spacial score (nSPS) is 19.6. The highest BCUT2D eigenvalue weighted by Crippen LogP contribution is 2.21. The lowest BCUT2D eigenvalue weighted by Gasteiger charge is -2.37. The SMILES string of the molecule is CCC1COCCN1c1ccnc(CNCC(C)C)c1. The second-order valence-electron chi connectivity index (χ2n) is 5.86. The standard InChI is InChI=1S/C16H27N3O/c1-4-15-12-20-8-7-19(15)16-5-6-18-14(9-16)11-17-10-13(2)3/h5-6,9,13,15,17H,4,7-8,10-12H2,1-3H3. The van der Waals surface area contributed by atoms with Crippen molar-refractivity contribution in [3.8, 4) is 0 Å². The van der Waals surface area contributed by atoms with Crippen molar-refractivity contribution in [1.29, 1.82) is 0 Å². The number of aromatic nitrogens is 1. The summed E-state index contributed by atoms with van der Waals surface area (Å²) in [5, 5.41) is 3.45. The molecule has 2 heterocycles. The fraction of sp³-hybridized carbons (Fsp3) is 0.688. The minimum atomic E-state index is 0.489. The Balaban J connectivity index is 2.00. The molecule has 0 spiro atoms. The van der Waals surface area contributed by atoms with E-state index in [4.69, 9.17) is 4.74 Å². The molecule has 1 aliphatic rings. The number of nitrogens with one attached hydrogen (secondary N) is 1. The predicted molar refractivity (Wildman–Crippen MR) is 83.0 cm³/mol. The van der Waals surface area contributed by atoms with Crippen LogP contribution in [0.2, 0.25) is 0 Å². The molecule has 1 aliphatic heterocycles. The average molecular weight is 277 g/mol. The van der Waals surface area contributed by atoms with Crippen LogP contribution in [0.5, 0.6) is 0 Å². The quantitative estimate of drug-likeness (QED) is 0.866. The predicted octanol–water partition coefficient (Wildman–Crippen LogP) is 2.44. The molecular weight excluding hydrogens is 250 g/mol. The third-order valence-corrected chi connectivity index (χ3v) is 3.69. The summed E-state index contributed by atoms with van der Waals surface area (Å²) >= 11 is 0. The smallest absolute Gasteiger partial charge is 0.0670 e. The van der Waals surface area contributed by atoms with Crippen molar-refractivity contribution >= 4 is 5.69 Å². The van der Waals surface area contributed by atoms with Crippen LogP contribution in [-0.2, 0) is 11.3 Å². The second-order valence-corrected chi connectivity index (χ2v) is 5.86. The maximum atomic E-state index is 5.58. The molecule has 0 aliphatic carbocycles. The Morgan fingerprint density at radius 1 is 1.50 bits per heavy atom. The van der Waals surface area contributed by atoms with Crippen molar-refractivity contribution in [1.82, 2.24) is 10.3 Å². The first kappa shape index (κ1) is 15.3. The molecule has 0 amide bonds. The summed E-state index contributed by atoms with van der Waals surface area (Å²) < 4.78 is 5.58. The van der Waals surface area contributed by atoms with Gasteiger partial charge in [-0.3, -0.25) is 4.98 Å². The third kappa shape index (κ3) is 4.18. The van der Waals surface area contributed by atoms with Gasteiger partial charge in [0.25, 0.3) is 0 Å². The Morgan fingerprint density at radius 3 is 3.10 bits per heavy atom. The van der Waals surface area contributed by atoms with Gasteiger partial charge in [-0.1, -0.05) is 20.8 Å². The Morgan fingerprint density at radius 2 is 2.35 bits per heavy atom. The zero-order valence-corrected chi connectivity index (χ0v) is 12.9. The number of anilines is 1. The first-order valence-electron chi connectivity index (χ1n) is 7.70. The van der Waals surface area contributed by atoms with E-state index in [1.54, 1.807) is 0 Å². The molecule has 20 heavy (non-hydrogen) atoms. The van der Waals surface area contributed by atoms with Crippen molar-refractivity contribution < 1.29 is 4.74 Å². The molecule has 2 rings (SSSR count). The molecule has 1 N–H and O–H groups in total. The summed E-state index contributed by atoms with van der Waals surface area (Å²) in [6.45, 7) is 11.2.